The lowest BCUT2D eigenvalue weighted by atomic mass is 9.98. The monoisotopic (exact) mass is 392 g/mol. The number of halogens is 1. The molecule has 0 saturated heterocycles. The molecule has 25 heavy (non-hydrogen) atoms. The van der Waals surface area contributed by atoms with Crippen molar-refractivity contribution in [1.82, 2.24) is 4.98 Å². The summed E-state index contributed by atoms with van der Waals surface area (Å²) in [5, 5.41) is 3.84. The van der Waals surface area contributed by atoms with Crippen molar-refractivity contribution in [2.75, 3.05) is 6.54 Å². The zero-order valence-corrected chi connectivity index (χ0v) is 15.6. The zero-order chi connectivity index (χ0) is 17.2. The molecule has 0 bridgehead atoms. The molecule has 0 spiro atoms. The van der Waals surface area contributed by atoms with Gasteiger partial charge in [0, 0.05) is 21.1 Å². The quantitative estimate of drug-likeness (QED) is 0.399. The van der Waals surface area contributed by atoms with Crippen LogP contribution in [-0.4, -0.2) is 11.5 Å². The van der Waals surface area contributed by atoms with Gasteiger partial charge in [0.15, 0.2) is 0 Å². The van der Waals surface area contributed by atoms with Crippen molar-refractivity contribution in [3.8, 4) is 11.3 Å². The molecule has 3 heteroatoms. The van der Waals surface area contributed by atoms with Gasteiger partial charge in [-0.2, -0.15) is 0 Å². The summed E-state index contributed by atoms with van der Waals surface area (Å²) in [7, 11) is 0. The predicted octanol–water partition coefficient (Wildman–Crippen LogP) is 6.03. The normalized spacial score (nSPS) is 11.4. The van der Waals surface area contributed by atoms with Gasteiger partial charge in [-0.15, -0.1) is 0 Å². The van der Waals surface area contributed by atoms with Crippen LogP contribution in [0, 0.1) is 0 Å². The second-order valence-corrected chi connectivity index (χ2v) is 7.39. The number of unbranched alkanes of at least 4 members (excludes halogenated alkanes) is 1. The van der Waals surface area contributed by atoms with Crippen molar-refractivity contribution in [3.05, 3.63) is 70.7 Å². The van der Waals surface area contributed by atoms with E-state index in [0.29, 0.717) is 0 Å². The molecule has 0 unspecified atom stereocenters. The number of fused-ring (bicyclic) bond motifs is 2. The minimum absolute atomic E-state index is 0.747. The van der Waals surface area contributed by atoms with Crippen LogP contribution < -0.4 is 5.73 Å². The molecule has 0 aliphatic heterocycles. The number of nitrogens with two attached hydrogens (primary N) is 1. The Morgan fingerprint density at radius 3 is 2.56 bits per heavy atom. The summed E-state index contributed by atoms with van der Waals surface area (Å²) >= 11 is 3.61. The number of H-pyrrole nitrogens is 1. The van der Waals surface area contributed by atoms with Crippen molar-refractivity contribution in [2.24, 2.45) is 5.73 Å². The second-order valence-electron chi connectivity index (χ2n) is 6.48. The summed E-state index contributed by atoms with van der Waals surface area (Å²) in [6.07, 6.45) is 3.20. The summed E-state index contributed by atoms with van der Waals surface area (Å²) in [5.41, 5.74) is 10.8. The van der Waals surface area contributed by atoms with Crippen LogP contribution in [0.5, 0.6) is 0 Å². The van der Waals surface area contributed by atoms with Crippen molar-refractivity contribution < 1.29 is 0 Å². The molecule has 0 radical (unpaired) electrons. The molecule has 0 fully saturated rings. The minimum Gasteiger partial charge on any atom is -0.354 e. The van der Waals surface area contributed by atoms with Crippen LogP contribution in [0.4, 0.5) is 0 Å². The standard InChI is InChI=1S/C22H21BrN2/c23-18-10-11-21-20(14-18)19(7-3-4-12-24)22(25-21)17-9-8-15-5-1-2-6-16(15)13-17/h1-2,5-6,8-11,13-14,25H,3-4,7,12,24H2. The van der Waals surface area contributed by atoms with Gasteiger partial charge in [-0.05, 0) is 72.0 Å². The Bertz CT molecular complexity index is 1030. The molecule has 3 N–H and O–H groups in total. The van der Waals surface area contributed by atoms with Gasteiger partial charge in [-0.3, -0.25) is 0 Å². The fourth-order valence-corrected chi connectivity index (χ4v) is 3.88. The summed E-state index contributed by atoms with van der Waals surface area (Å²) in [4.78, 5) is 3.65. The zero-order valence-electron chi connectivity index (χ0n) is 14.1. The molecule has 0 aliphatic rings. The Labute approximate surface area is 156 Å². The molecule has 0 atom stereocenters. The maximum Gasteiger partial charge on any atom is 0.0497 e. The maximum absolute atomic E-state index is 5.70. The number of benzene rings is 3. The predicted molar refractivity (Wildman–Crippen MR) is 111 cm³/mol. The molecule has 2 nitrogen and oxygen atoms in total. The molecule has 1 aromatic heterocycles. The molecule has 4 rings (SSSR count). The number of nitrogens with one attached hydrogen (secondary N) is 1. The largest absolute Gasteiger partial charge is 0.354 e. The van der Waals surface area contributed by atoms with Gasteiger partial charge in [0.1, 0.15) is 0 Å². The molecule has 0 saturated carbocycles. The second kappa shape index (κ2) is 7.03. The van der Waals surface area contributed by atoms with Crippen LogP contribution >= 0.6 is 15.9 Å². The first-order chi connectivity index (χ1) is 12.3. The fourth-order valence-electron chi connectivity index (χ4n) is 3.52. The van der Waals surface area contributed by atoms with Crippen LogP contribution in [0.3, 0.4) is 0 Å². The first-order valence-electron chi connectivity index (χ1n) is 8.75. The average Bonchev–Trinajstić information content (AvgIpc) is 2.99. The number of aromatic nitrogens is 1. The smallest absolute Gasteiger partial charge is 0.0497 e. The lowest BCUT2D eigenvalue weighted by Crippen LogP contribution is -1.99. The van der Waals surface area contributed by atoms with Crippen molar-refractivity contribution in [3.63, 3.8) is 0 Å². The van der Waals surface area contributed by atoms with Gasteiger partial charge in [-0.25, -0.2) is 0 Å². The maximum atomic E-state index is 5.70. The third-order valence-corrected chi connectivity index (χ3v) is 5.28. The first-order valence-corrected chi connectivity index (χ1v) is 9.55. The highest BCUT2D eigenvalue weighted by Crippen LogP contribution is 2.34. The topological polar surface area (TPSA) is 41.8 Å². The van der Waals surface area contributed by atoms with Crippen LogP contribution in [-0.2, 0) is 6.42 Å². The van der Waals surface area contributed by atoms with E-state index in [0.717, 1.165) is 30.3 Å². The summed E-state index contributed by atoms with van der Waals surface area (Å²) in [5.74, 6) is 0. The summed E-state index contributed by atoms with van der Waals surface area (Å²) < 4.78 is 1.11. The molecule has 0 amide bonds. The highest BCUT2D eigenvalue weighted by molar-refractivity contribution is 9.10. The third kappa shape index (κ3) is 3.22. The van der Waals surface area contributed by atoms with Crippen LogP contribution in [0.15, 0.2) is 65.1 Å². The highest BCUT2D eigenvalue weighted by Gasteiger charge is 2.13. The Hall–Kier alpha value is -2.10. The van der Waals surface area contributed by atoms with E-state index in [9.17, 15) is 0 Å². The van der Waals surface area contributed by atoms with E-state index in [4.69, 9.17) is 5.73 Å². The minimum atomic E-state index is 0.747. The number of hydrogen-bond acceptors (Lipinski definition) is 1. The average molecular weight is 393 g/mol. The van der Waals surface area contributed by atoms with E-state index in [1.165, 1.54) is 38.5 Å². The van der Waals surface area contributed by atoms with E-state index in [-0.39, 0.29) is 0 Å². The van der Waals surface area contributed by atoms with Gasteiger partial charge in [0.2, 0.25) is 0 Å². The van der Waals surface area contributed by atoms with Gasteiger partial charge in [0.05, 0.1) is 0 Å². The third-order valence-electron chi connectivity index (χ3n) is 4.79. The highest BCUT2D eigenvalue weighted by atomic mass is 79.9. The molecular weight excluding hydrogens is 372 g/mol. The Morgan fingerprint density at radius 1 is 0.880 bits per heavy atom. The van der Waals surface area contributed by atoms with Gasteiger partial charge >= 0.3 is 0 Å². The van der Waals surface area contributed by atoms with Crippen LogP contribution in [0.25, 0.3) is 32.9 Å². The van der Waals surface area contributed by atoms with E-state index >= 15 is 0 Å². The SMILES string of the molecule is NCCCCc1c(-c2ccc3ccccc3c2)[nH]c2ccc(Br)cc12. The van der Waals surface area contributed by atoms with Crippen molar-refractivity contribution in [2.45, 2.75) is 19.3 Å². The Kier molecular flexibility index (Phi) is 4.60. The van der Waals surface area contributed by atoms with Crippen molar-refractivity contribution in [1.29, 1.82) is 0 Å². The molecule has 1 heterocycles. The van der Waals surface area contributed by atoms with Gasteiger partial charge in [-0.1, -0.05) is 52.3 Å². The molecule has 126 valence electrons. The summed E-state index contributed by atoms with van der Waals surface area (Å²) in [6.45, 7) is 0.747. The summed E-state index contributed by atoms with van der Waals surface area (Å²) in [6, 6.07) is 21.7. The van der Waals surface area contributed by atoms with Crippen LogP contribution in [0.1, 0.15) is 18.4 Å². The number of aryl methyl sites for hydroxylation is 1. The van der Waals surface area contributed by atoms with E-state index < -0.39 is 0 Å². The molecular formula is C22H21BrN2. The van der Waals surface area contributed by atoms with Crippen molar-refractivity contribution >= 4 is 37.6 Å². The van der Waals surface area contributed by atoms with Gasteiger partial charge in [0.25, 0.3) is 0 Å². The Morgan fingerprint density at radius 2 is 1.72 bits per heavy atom. The number of rotatable bonds is 5. The van der Waals surface area contributed by atoms with Gasteiger partial charge < -0.3 is 10.7 Å². The lowest BCUT2D eigenvalue weighted by molar-refractivity contribution is 0.748. The van der Waals surface area contributed by atoms with E-state index in [1.807, 2.05) is 0 Å². The molecule has 0 aliphatic carbocycles. The number of aromatic amines is 1. The fraction of sp³-hybridized carbons (Fsp3) is 0.182. The number of hydrogen-bond donors (Lipinski definition) is 2. The van der Waals surface area contributed by atoms with Crippen LogP contribution in [0.2, 0.25) is 0 Å². The van der Waals surface area contributed by atoms with E-state index in [2.05, 4.69) is 81.6 Å². The molecule has 4 aromatic rings. The Balaban J connectivity index is 1.87. The first kappa shape index (κ1) is 16.4. The lowest BCUT2D eigenvalue weighted by Gasteiger charge is -2.07. The van der Waals surface area contributed by atoms with E-state index in [1.54, 1.807) is 0 Å². The molecule has 3 aromatic carbocycles.